The highest BCUT2D eigenvalue weighted by Crippen LogP contribution is 2.29. The summed E-state index contributed by atoms with van der Waals surface area (Å²) in [5, 5.41) is 12.2. The van der Waals surface area contributed by atoms with E-state index in [1.807, 2.05) is 0 Å². The molecule has 1 rings (SSSR count). The van der Waals surface area contributed by atoms with E-state index in [4.69, 9.17) is 10.8 Å². The molecule has 0 saturated heterocycles. The second-order valence-electron chi connectivity index (χ2n) is 5.57. The number of para-hydroxylation sites is 1. The predicted octanol–water partition coefficient (Wildman–Crippen LogP) is 3.06. The lowest BCUT2D eigenvalue weighted by atomic mass is 9.81. The quantitative estimate of drug-likeness (QED) is 0.702. The minimum absolute atomic E-state index is 0.117. The number of hydrogen-bond acceptors (Lipinski definition) is 3. The molecule has 0 aromatic heterocycles. The number of benzene rings is 1. The largest absolute Gasteiger partial charge is 0.478 e. The molecule has 0 bridgehead atoms. The van der Waals surface area contributed by atoms with Crippen molar-refractivity contribution in [3.63, 3.8) is 0 Å². The van der Waals surface area contributed by atoms with Gasteiger partial charge in [0, 0.05) is 6.54 Å². The Labute approximate surface area is 108 Å². The highest BCUT2D eigenvalue weighted by Gasteiger charge is 2.22. The van der Waals surface area contributed by atoms with Gasteiger partial charge in [-0.2, -0.15) is 0 Å². The summed E-state index contributed by atoms with van der Waals surface area (Å²) in [4.78, 5) is 11.0. The zero-order chi connectivity index (χ0) is 13.9. The van der Waals surface area contributed by atoms with E-state index < -0.39 is 5.97 Å². The molecule has 0 aliphatic carbocycles. The normalized spacial score (nSPS) is 11.6. The van der Waals surface area contributed by atoms with Crippen molar-refractivity contribution >= 4 is 17.3 Å². The van der Waals surface area contributed by atoms with E-state index in [2.05, 4.69) is 33.0 Å². The first-order valence-electron chi connectivity index (χ1n) is 6.11. The summed E-state index contributed by atoms with van der Waals surface area (Å²) >= 11 is 0. The lowest BCUT2D eigenvalue weighted by Gasteiger charge is -2.30. The Kier molecular flexibility index (Phi) is 4.22. The molecule has 1 aromatic carbocycles. The second kappa shape index (κ2) is 5.29. The Bertz CT molecular complexity index is 439. The molecular formula is C14H22N2O2. The van der Waals surface area contributed by atoms with Gasteiger partial charge in [0.15, 0.2) is 0 Å². The maximum atomic E-state index is 11.0. The molecule has 0 unspecified atom stereocenters. The number of anilines is 2. The molecule has 0 amide bonds. The molecule has 0 spiro atoms. The number of nitrogens with one attached hydrogen (secondary N) is 1. The maximum Gasteiger partial charge on any atom is 0.337 e. The van der Waals surface area contributed by atoms with E-state index in [0.717, 1.165) is 6.54 Å². The van der Waals surface area contributed by atoms with Crippen molar-refractivity contribution in [3.05, 3.63) is 23.8 Å². The molecule has 0 aliphatic rings. The average molecular weight is 250 g/mol. The van der Waals surface area contributed by atoms with Gasteiger partial charge in [0.1, 0.15) is 0 Å². The van der Waals surface area contributed by atoms with Gasteiger partial charge in [-0.3, -0.25) is 0 Å². The number of aromatic carboxylic acids is 1. The first-order chi connectivity index (χ1) is 8.25. The van der Waals surface area contributed by atoms with Crippen LogP contribution in [0.2, 0.25) is 0 Å². The third-order valence-corrected chi connectivity index (χ3v) is 3.63. The van der Waals surface area contributed by atoms with Crippen LogP contribution in [0.15, 0.2) is 18.2 Å². The summed E-state index contributed by atoms with van der Waals surface area (Å²) in [6.45, 7) is 9.42. The molecule has 0 heterocycles. The topological polar surface area (TPSA) is 75.3 Å². The Hall–Kier alpha value is -1.71. The van der Waals surface area contributed by atoms with Crippen LogP contribution in [-0.2, 0) is 0 Å². The van der Waals surface area contributed by atoms with Gasteiger partial charge >= 0.3 is 5.97 Å². The minimum atomic E-state index is -1.00. The van der Waals surface area contributed by atoms with E-state index in [1.165, 1.54) is 6.07 Å². The number of rotatable bonds is 5. The molecule has 4 N–H and O–H groups in total. The van der Waals surface area contributed by atoms with Gasteiger partial charge in [0.25, 0.3) is 0 Å². The Morgan fingerprint density at radius 2 is 2.06 bits per heavy atom. The average Bonchev–Trinajstić information content (AvgIpc) is 2.27. The van der Waals surface area contributed by atoms with Gasteiger partial charge in [0.2, 0.25) is 0 Å². The molecular weight excluding hydrogens is 228 g/mol. The zero-order valence-corrected chi connectivity index (χ0v) is 11.4. The van der Waals surface area contributed by atoms with Gasteiger partial charge in [-0.25, -0.2) is 4.79 Å². The third-order valence-electron chi connectivity index (χ3n) is 3.63. The van der Waals surface area contributed by atoms with Gasteiger partial charge in [-0.1, -0.05) is 33.8 Å². The van der Waals surface area contributed by atoms with Crippen LogP contribution in [-0.4, -0.2) is 17.6 Å². The summed E-state index contributed by atoms with van der Waals surface area (Å²) < 4.78 is 0. The summed E-state index contributed by atoms with van der Waals surface area (Å²) in [7, 11) is 0. The molecule has 0 atom stereocenters. The fourth-order valence-corrected chi connectivity index (χ4v) is 1.43. The molecule has 0 saturated carbocycles. The van der Waals surface area contributed by atoms with Crippen LogP contribution in [0.3, 0.4) is 0 Å². The lowest BCUT2D eigenvalue weighted by Crippen LogP contribution is -2.28. The van der Waals surface area contributed by atoms with E-state index >= 15 is 0 Å². The molecule has 4 nitrogen and oxygen atoms in total. The third kappa shape index (κ3) is 3.15. The standard InChI is InChI=1S/C14H22N2O2/c1-9(2)14(3,4)8-16-11-7-5-6-10(12(11)15)13(17)18/h5-7,9,16H,8,15H2,1-4H3,(H,17,18). The number of carbonyl (C=O) groups is 1. The summed E-state index contributed by atoms with van der Waals surface area (Å²) in [5.74, 6) is -0.479. The van der Waals surface area contributed by atoms with Crippen LogP contribution in [0.25, 0.3) is 0 Å². The lowest BCUT2D eigenvalue weighted by molar-refractivity contribution is 0.0698. The van der Waals surface area contributed by atoms with Crippen LogP contribution in [0.1, 0.15) is 38.1 Å². The van der Waals surface area contributed by atoms with E-state index in [9.17, 15) is 4.79 Å². The number of hydrogen-bond donors (Lipinski definition) is 3. The van der Waals surface area contributed by atoms with Crippen molar-refractivity contribution in [1.29, 1.82) is 0 Å². The Morgan fingerprint density at radius 3 is 2.56 bits per heavy atom. The first-order valence-corrected chi connectivity index (χ1v) is 6.11. The highest BCUT2D eigenvalue weighted by atomic mass is 16.4. The number of nitrogen functional groups attached to an aromatic ring is 1. The molecule has 18 heavy (non-hydrogen) atoms. The van der Waals surface area contributed by atoms with Crippen molar-refractivity contribution in [2.24, 2.45) is 11.3 Å². The minimum Gasteiger partial charge on any atom is -0.478 e. The summed E-state index contributed by atoms with van der Waals surface area (Å²) in [6, 6.07) is 5.01. The number of carboxylic acid groups (broad SMARTS) is 1. The fourth-order valence-electron chi connectivity index (χ4n) is 1.43. The zero-order valence-electron chi connectivity index (χ0n) is 11.4. The molecule has 0 aliphatic heterocycles. The van der Waals surface area contributed by atoms with Crippen LogP contribution in [0, 0.1) is 11.3 Å². The highest BCUT2D eigenvalue weighted by molar-refractivity contribution is 5.97. The predicted molar refractivity (Wildman–Crippen MR) is 74.9 cm³/mol. The Balaban J connectivity index is 2.87. The van der Waals surface area contributed by atoms with Crippen molar-refractivity contribution in [2.45, 2.75) is 27.7 Å². The Morgan fingerprint density at radius 1 is 1.44 bits per heavy atom. The molecule has 100 valence electrons. The fraction of sp³-hybridized carbons (Fsp3) is 0.500. The van der Waals surface area contributed by atoms with Gasteiger partial charge < -0.3 is 16.2 Å². The number of nitrogens with two attached hydrogens (primary N) is 1. The van der Waals surface area contributed by atoms with E-state index in [0.29, 0.717) is 17.3 Å². The summed E-state index contributed by atoms with van der Waals surface area (Å²) in [6.07, 6.45) is 0. The van der Waals surface area contributed by atoms with E-state index in [1.54, 1.807) is 12.1 Å². The van der Waals surface area contributed by atoms with Crippen molar-refractivity contribution in [3.8, 4) is 0 Å². The van der Waals surface area contributed by atoms with Gasteiger partial charge in [-0.05, 0) is 23.5 Å². The van der Waals surface area contributed by atoms with Crippen LogP contribution >= 0.6 is 0 Å². The smallest absolute Gasteiger partial charge is 0.337 e. The maximum absolute atomic E-state index is 11.0. The van der Waals surface area contributed by atoms with Crippen LogP contribution in [0.5, 0.6) is 0 Å². The van der Waals surface area contributed by atoms with Gasteiger partial charge in [-0.15, -0.1) is 0 Å². The molecule has 0 radical (unpaired) electrons. The van der Waals surface area contributed by atoms with Crippen molar-refractivity contribution in [2.75, 3.05) is 17.6 Å². The van der Waals surface area contributed by atoms with Gasteiger partial charge in [0.05, 0.1) is 16.9 Å². The van der Waals surface area contributed by atoms with Crippen molar-refractivity contribution in [1.82, 2.24) is 0 Å². The second-order valence-corrected chi connectivity index (χ2v) is 5.57. The molecule has 4 heteroatoms. The summed E-state index contributed by atoms with van der Waals surface area (Å²) in [5.41, 5.74) is 7.08. The monoisotopic (exact) mass is 250 g/mol. The molecule has 0 fully saturated rings. The van der Waals surface area contributed by atoms with Crippen LogP contribution < -0.4 is 11.1 Å². The SMILES string of the molecule is CC(C)C(C)(C)CNc1cccc(C(=O)O)c1N. The van der Waals surface area contributed by atoms with Crippen molar-refractivity contribution < 1.29 is 9.90 Å². The van der Waals surface area contributed by atoms with Crippen LogP contribution in [0.4, 0.5) is 11.4 Å². The van der Waals surface area contributed by atoms with E-state index in [-0.39, 0.29) is 11.0 Å². The molecule has 1 aromatic rings. The first kappa shape index (κ1) is 14.4. The number of carboxylic acids is 1.